The van der Waals surface area contributed by atoms with E-state index in [4.69, 9.17) is 0 Å². The van der Waals surface area contributed by atoms with Crippen molar-refractivity contribution in [3.05, 3.63) is 71.7 Å². The molecule has 1 aromatic carbocycles. The Morgan fingerprint density at radius 1 is 1.00 bits per heavy atom. The van der Waals surface area contributed by atoms with Gasteiger partial charge in [-0.3, -0.25) is 0 Å². The quantitative estimate of drug-likeness (QED) is 0.709. The molecular weight excluding hydrogens is 252 g/mol. The number of pyridine rings is 1. The highest BCUT2D eigenvalue weighted by Gasteiger charge is 2.03. The van der Waals surface area contributed by atoms with Gasteiger partial charge in [-0.25, -0.2) is 4.98 Å². The van der Waals surface area contributed by atoms with E-state index in [1.54, 1.807) is 0 Å². The maximum atomic E-state index is 4.65. The molecule has 0 atom stereocenters. The molecule has 0 aliphatic heterocycles. The van der Waals surface area contributed by atoms with Crippen LogP contribution in [0.5, 0.6) is 0 Å². The summed E-state index contributed by atoms with van der Waals surface area (Å²) in [6.45, 7) is 2.11. The van der Waals surface area contributed by atoms with E-state index in [0.29, 0.717) is 0 Å². The third-order valence-electron chi connectivity index (χ3n) is 3.11. The molecule has 2 nitrogen and oxygen atoms in total. The van der Waals surface area contributed by atoms with E-state index in [0.717, 1.165) is 22.8 Å². The van der Waals surface area contributed by atoms with E-state index in [-0.39, 0.29) is 0 Å². The first-order chi connectivity index (χ1) is 9.33. The summed E-state index contributed by atoms with van der Waals surface area (Å²) in [4.78, 5) is 4.65. The van der Waals surface area contributed by atoms with Crippen molar-refractivity contribution in [2.45, 2.75) is 18.4 Å². The molecule has 0 aliphatic rings. The van der Waals surface area contributed by atoms with Gasteiger partial charge in [-0.1, -0.05) is 36.4 Å². The number of rotatable bonds is 4. The van der Waals surface area contributed by atoms with Crippen molar-refractivity contribution in [2.24, 2.45) is 0 Å². The van der Waals surface area contributed by atoms with Crippen molar-refractivity contribution in [3.8, 4) is 0 Å². The molecule has 0 spiro atoms. The molecule has 0 N–H and O–H groups in total. The number of hydrogen-bond acceptors (Lipinski definition) is 2. The lowest BCUT2D eigenvalue weighted by Gasteiger charge is -1.99. The average Bonchev–Trinajstić information content (AvgIpc) is 2.84. The highest BCUT2D eigenvalue weighted by atomic mass is 32.2. The molecule has 0 amide bonds. The first kappa shape index (κ1) is 12.3. The third kappa shape index (κ3) is 2.82. The molecule has 19 heavy (non-hydrogen) atoms. The maximum Gasteiger partial charge on any atom is 0.137 e. The van der Waals surface area contributed by atoms with Crippen molar-refractivity contribution in [3.63, 3.8) is 0 Å². The summed E-state index contributed by atoms with van der Waals surface area (Å²) in [6.07, 6.45) is 2.14. The fraction of sp³-hybridized carbons (Fsp3) is 0.188. The second-order valence-electron chi connectivity index (χ2n) is 4.61. The van der Waals surface area contributed by atoms with Gasteiger partial charge in [0.1, 0.15) is 5.65 Å². The standard InChI is InChI=1S/C16H16N2S/c1-13-6-5-9-16-17-15(10-18(13)16)12-19-11-14-7-3-2-4-8-14/h2-10H,11-12H2,1H3. The number of fused-ring (bicyclic) bond motifs is 1. The summed E-state index contributed by atoms with van der Waals surface area (Å²) in [5.74, 6) is 1.99. The summed E-state index contributed by atoms with van der Waals surface area (Å²) in [5, 5.41) is 0. The number of aromatic nitrogens is 2. The van der Waals surface area contributed by atoms with Crippen molar-refractivity contribution in [1.29, 1.82) is 0 Å². The van der Waals surface area contributed by atoms with Gasteiger partial charge in [0.05, 0.1) is 5.69 Å². The monoisotopic (exact) mass is 268 g/mol. The van der Waals surface area contributed by atoms with E-state index < -0.39 is 0 Å². The topological polar surface area (TPSA) is 17.3 Å². The Morgan fingerprint density at radius 2 is 1.84 bits per heavy atom. The van der Waals surface area contributed by atoms with Crippen LogP contribution in [0.2, 0.25) is 0 Å². The van der Waals surface area contributed by atoms with Crippen LogP contribution in [-0.4, -0.2) is 9.38 Å². The molecule has 0 saturated heterocycles. The molecule has 0 saturated carbocycles. The number of benzene rings is 1. The van der Waals surface area contributed by atoms with Crippen molar-refractivity contribution in [2.75, 3.05) is 0 Å². The molecule has 3 aromatic rings. The molecule has 0 unspecified atom stereocenters. The Bertz CT molecular complexity index is 674. The van der Waals surface area contributed by atoms with Crippen LogP contribution in [0.3, 0.4) is 0 Å². The molecule has 2 aromatic heterocycles. The van der Waals surface area contributed by atoms with Gasteiger partial charge in [-0.15, -0.1) is 0 Å². The van der Waals surface area contributed by atoms with Crippen LogP contribution < -0.4 is 0 Å². The first-order valence-electron chi connectivity index (χ1n) is 6.38. The van der Waals surface area contributed by atoms with Crippen LogP contribution >= 0.6 is 11.8 Å². The van der Waals surface area contributed by atoms with Gasteiger partial charge in [0.25, 0.3) is 0 Å². The zero-order valence-electron chi connectivity index (χ0n) is 10.9. The summed E-state index contributed by atoms with van der Waals surface area (Å²) in [5.41, 5.74) is 4.78. The van der Waals surface area contributed by atoms with Crippen LogP contribution in [0.25, 0.3) is 5.65 Å². The van der Waals surface area contributed by atoms with E-state index in [1.807, 2.05) is 11.8 Å². The predicted octanol–water partition coefficient (Wildman–Crippen LogP) is 4.08. The zero-order chi connectivity index (χ0) is 13.1. The number of imidazole rings is 1. The van der Waals surface area contributed by atoms with Gasteiger partial charge in [0.2, 0.25) is 0 Å². The zero-order valence-corrected chi connectivity index (χ0v) is 11.7. The Morgan fingerprint density at radius 3 is 2.63 bits per heavy atom. The average molecular weight is 268 g/mol. The van der Waals surface area contributed by atoms with Gasteiger partial charge < -0.3 is 4.40 Å². The summed E-state index contributed by atoms with van der Waals surface area (Å²) in [7, 11) is 0. The number of hydrogen-bond donors (Lipinski definition) is 0. The van der Waals surface area contributed by atoms with Crippen LogP contribution in [0.4, 0.5) is 0 Å². The van der Waals surface area contributed by atoms with Crippen molar-refractivity contribution >= 4 is 17.4 Å². The highest BCUT2D eigenvalue weighted by Crippen LogP contribution is 2.18. The number of nitrogens with zero attached hydrogens (tertiary/aromatic N) is 2. The van der Waals surface area contributed by atoms with Gasteiger partial charge in [0.15, 0.2) is 0 Å². The van der Waals surface area contributed by atoms with Crippen LogP contribution in [0.15, 0.2) is 54.7 Å². The molecule has 0 bridgehead atoms. The van der Waals surface area contributed by atoms with Crippen molar-refractivity contribution in [1.82, 2.24) is 9.38 Å². The largest absolute Gasteiger partial charge is 0.304 e. The smallest absolute Gasteiger partial charge is 0.137 e. The van der Waals surface area contributed by atoms with E-state index >= 15 is 0 Å². The molecule has 96 valence electrons. The predicted molar refractivity (Wildman–Crippen MR) is 81.4 cm³/mol. The minimum atomic E-state index is 0.954. The summed E-state index contributed by atoms with van der Waals surface area (Å²) < 4.78 is 2.15. The van der Waals surface area contributed by atoms with E-state index in [2.05, 4.69) is 71.0 Å². The SMILES string of the molecule is Cc1cccc2nc(CSCc3ccccc3)cn12. The minimum absolute atomic E-state index is 0.954. The second-order valence-corrected chi connectivity index (χ2v) is 5.59. The molecule has 2 heterocycles. The van der Waals surface area contributed by atoms with Gasteiger partial charge in [-0.2, -0.15) is 11.8 Å². The Labute approximate surface area is 117 Å². The fourth-order valence-electron chi connectivity index (χ4n) is 2.12. The van der Waals surface area contributed by atoms with Crippen LogP contribution in [-0.2, 0) is 11.5 Å². The molecule has 0 radical (unpaired) electrons. The fourth-order valence-corrected chi connectivity index (χ4v) is 2.99. The normalized spacial score (nSPS) is 11.0. The van der Waals surface area contributed by atoms with Gasteiger partial charge in [0, 0.05) is 23.4 Å². The van der Waals surface area contributed by atoms with E-state index in [9.17, 15) is 0 Å². The lowest BCUT2D eigenvalue weighted by atomic mass is 10.2. The summed E-state index contributed by atoms with van der Waals surface area (Å²) >= 11 is 1.90. The molecule has 0 fully saturated rings. The maximum absolute atomic E-state index is 4.65. The second kappa shape index (κ2) is 5.49. The highest BCUT2D eigenvalue weighted by molar-refractivity contribution is 7.97. The Balaban J connectivity index is 1.67. The Hall–Kier alpha value is -1.74. The minimum Gasteiger partial charge on any atom is -0.304 e. The molecular formula is C16H16N2S. The lowest BCUT2D eigenvalue weighted by molar-refractivity contribution is 1.09. The number of aryl methyl sites for hydroxylation is 1. The lowest BCUT2D eigenvalue weighted by Crippen LogP contribution is -1.86. The third-order valence-corrected chi connectivity index (χ3v) is 4.14. The van der Waals surface area contributed by atoms with Crippen molar-refractivity contribution < 1.29 is 0 Å². The van der Waals surface area contributed by atoms with Crippen LogP contribution in [0, 0.1) is 6.92 Å². The van der Waals surface area contributed by atoms with Gasteiger partial charge in [-0.05, 0) is 24.6 Å². The van der Waals surface area contributed by atoms with E-state index in [1.165, 1.54) is 11.3 Å². The molecule has 0 aliphatic carbocycles. The van der Waals surface area contributed by atoms with Crippen LogP contribution in [0.1, 0.15) is 17.0 Å². The number of thioether (sulfide) groups is 1. The van der Waals surface area contributed by atoms with Gasteiger partial charge >= 0.3 is 0 Å². The molecule has 3 rings (SSSR count). The molecule has 3 heteroatoms. The Kier molecular flexibility index (Phi) is 3.56. The first-order valence-corrected chi connectivity index (χ1v) is 7.54. The summed E-state index contributed by atoms with van der Waals surface area (Å²) in [6, 6.07) is 16.8.